The summed E-state index contributed by atoms with van der Waals surface area (Å²) in [6.45, 7) is 11.4. The molecule has 0 saturated carbocycles. The monoisotopic (exact) mass is 227 g/mol. The van der Waals surface area contributed by atoms with Crippen LogP contribution in [0.3, 0.4) is 0 Å². The molecule has 2 N–H and O–H groups in total. The molecule has 3 nitrogen and oxygen atoms in total. The minimum atomic E-state index is 0.252. The van der Waals surface area contributed by atoms with Crippen molar-refractivity contribution in [1.29, 1.82) is 0 Å². The lowest BCUT2D eigenvalue weighted by atomic mass is 9.93. The molecule has 1 aliphatic heterocycles. The van der Waals surface area contributed by atoms with Gasteiger partial charge in [-0.2, -0.15) is 0 Å². The van der Waals surface area contributed by atoms with Gasteiger partial charge in [-0.1, -0.05) is 13.8 Å². The minimum absolute atomic E-state index is 0.252. The zero-order chi connectivity index (χ0) is 12.0. The van der Waals surface area contributed by atoms with E-state index in [0.29, 0.717) is 0 Å². The fraction of sp³-hybridized carbons (Fsp3) is 1.00. The Morgan fingerprint density at radius 1 is 1.25 bits per heavy atom. The molecule has 16 heavy (non-hydrogen) atoms. The van der Waals surface area contributed by atoms with Crippen molar-refractivity contribution in [2.75, 3.05) is 46.3 Å². The molecular weight excluding hydrogens is 198 g/mol. The molecule has 3 heteroatoms. The Kier molecular flexibility index (Phi) is 5.73. The lowest BCUT2D eigenvalue weighted by Gasteiger charge is -2.29. The summed E-state index contributed by atoms with van der Waals surface area (Å²) in [4.78, 5) is 5.00. The van der Waals surface area contributed by atoms with Crippen LogP contribution in [-0.4, -0.2) is 56.1 Å². The fourth-order valence-electron chi connectivity index (χ4n) is 2.44. The van der Waals surface area contributed by atoms with Gasteiger partial charge in [-0.25, -0.2) is 0 Å². The summed E-state index contributed by atoms with van der Waals surface area (Å²) < 4.78 is 0. The lowest BCUT2D eigenvalue weighted by molar-refractivity contribution is 0.204. The second-order valence-corrected chi connectivity index (χ2v) is 6.01. The van der Waals surface area contributed by atoms with Crippen molar-refractivity contribution in [1.82, 2.24) is 9.80 Å². The van der Waals surface area contributed by atoms with Crippen molar-refractivity contribution in [2.45, 2.75) is 33.1 Å². The van der Waals surface area contributed by atoms with Gasteiger partial charge in [0.1, 0.15) is 0 Å². The molecule has 0 aromatic rings. The summed E-state index contributed by atoms with van der Waals surface area (Å²) in [7, 11) is 2.21. The maximum Gasteiger partial charge on any atom is 0.00417 e. The molecule has 1 fully saturated rings. The summed E-state index contributed by atoms with van der Waals surface area (Å²) in [6, 6.07) is 0. The Balaban J connectivity index is 2.07. The molecule has 0 spiro atoms. The molecule has 1 heterocycles. The van der Waals surface area contributed by atoms with Gasteiger partial charge in [0.05, 0.1) is 0 Å². The maximum atomic E-state index is 5.75. The van der Waals surface area contributed by atoms with Crippen LogP contribution in [-0.2, 0) is 0 Å². The molecule has 96 valence electrons. The van der Waals surface area contributed by atoms with Gasteiger partial charge in [0.15, 0.2) is 0 Å². The van der Waals surface area contributed by atoms with E-state index in [0.717, 1.165) is 13.1 Å². The minimum Gasteiger partial charge on any atom is -0.330 e. The van der Waals surface area contributed by atoms with E-state index in [4.69, 9.17) is 5.73 Å². The number of nitrogens with two attached hydrogens (primary N) is 1. The first-order chi connectivity index (χ1) is 7.53. The molecule has 0 bridgehead atoms. The van der Waals surface area contributed by atoms with Gasteiger partial charge >= 0.3 is 0 Å². The van der Waals surface area contributed by atoms with Gasteiger partial charge in [-0.05, 0) is 64.4 Å². The Hall–Kier alpha value is -0.120. The van der Waals surface area contributed by atoms with Crippen molar-refractivity contribution in [2.24, 2.45) is 11.1 Å². The third kappa shape index (κ3) is 5.28. The molecule has 0 radical (unpaired) electrons. The van der Waals surface area contributed by atoms with E-state index in [1.165, 1.54) is 45.4 Å². The first-order valence-corrected chi connectivity index (χ1v) is 6.64. The van der Waals surface area contributed by atoms with Crippen molar-refractivity contribution in [3.63, 3.8) is 0 Å². The van der Waals surface area contributed by atoms with Gasteiger partial charge in [0, 0.05) is 6.54 Å². The summed E-state index contributed by atoms with van der Waals surface area (Å²) >= 11 is 0. The van der Waals surface area contributed by atoms with E-state index >= 15 is 0 Å². The van der Waals surface area contributed by atoms with Crippen LogP contribution in [0.1, 0.15) is 33.1 Å². The highest BCUT2D eigenvalue weighted by Crippen LogP contribution is 2.14. The third-order valence-electron chi connectivity index (χ3n) is 3.46. The van der Waals surface area contributed by atoms with Crippen LogP contribution >= 0.6 is 0 Å². The smallest absolute Gasteiger partial charge is 0.00417 e. The van der Waals surface area contributed by atoms with Crippen LogP contribution in [0.2, 0.25) is 0 Å². The third-order valence-corrected chi connectivity index (χ3v) is 3.46. The number of rotatable bonds is 7. The highest BCUT2D eigenvalue weighted by atomic mass is 15.1. The van der Waals surface area contributed by atoms with E-state index in [9.17, 15) is 0 Å². The molecule has 0 aliphatic carbocycles. The summed E-state index contributed by atoms with van der Waals surface area (Å²) in [5.74, 6) is 0. The van der Waals surface area contributed by atoms with Crippen LogP contribution in [0.15, 0.2) is 0 Å². The van der Waals surface area contributed by atoms with Crippen molar-refractivity contribution in [3.8, 4) is 0 Å². The summed E-state index contributed by atoms with van der Waals surface area (Å²) in [6.07, 6.45) is 4.09. The number of hydrogen-bond acceptors (Lipinski definition) is 3. The molecule has 0 atom stereocenters. The first kappa shape index (κ1) is 13.9. The number of nitrogens with zero attached hydrogens (tertiary/aromatic N) is 2. The standard InChI is InChI=1S/C13H29N3/c1-13(2,11-14)12-15(3)7-6-10-16-8-4-5-9-16/h4-12,14H2,1-3H3. The van der Waals surface area contributed by atoms with Gasteiger partial charge in [-0.15, -0.1) is 0 Å². The Morgan fingerprint density at radius 2 is 1.88 bits per heavy atom. The molecule has 1 saturated heterocycles. The Morgan fingerprint density at radius 3 is 2.44 bits per heavy atom. The Labute approximate surface area is 101 Å². The molecule has 1 rings (SSSR count). The zero-order valence-electron chi connectivity index (χ0n) is 11.3. The highest BCUT2D eigenvalue weighted by molar-refractivity contribution is 4.73. The second kappa shape index (κ2) is 6.58. The quantitative estimate of drug-likeness (QED) is 0.713. The zero-order valence-corrected chi connectivity index (χ0v) is 11.3. The number of likely N-dealkylation sites (tertiary alicyclic amines) is 1. The van der Waals surface area contributed by atoms with Crippen molar-refractivity contribution < 1.29 is 0 Å². The van der Waals surface area contributed by atoms with E-state index in [1.807, 2.05) is 0 Å². The van der Waals surface area contributed by atoms with E-state index < -0.39 is 0 Å². The largest absolute Gasteiger partial charge is 0.330 e. The average Bonchev–Trinajstić information content (AvgIpc) is 2.70. The van der Waals surface area contributed by atoms with Crippen LogP contribution in [0.4, 0.5) is 0 Å². The molecule has 1 aliphatic rings. The van der Waals surface area contributed by atoms with E-state index in [2.05, 4.69) is 30.7 Å². The highest BCUT2D eigenvalue weighted by Gasteiger charge is 2.18. The number of hydrogen-bond donors (Lipinski definition) is 1. The van der Waals surface area contributed by atoms with Crippen molar-refractivity contribution in [3.05, 3.63) is 0 Å². The van der Waals surface area contributed by atoms with Crippen LogP contribution in [0.5, 0.6) is 0 Å². The Bertz CT molecular complexity index is 186. The van der Waals surface area contributed by atoms with Crippen LogP contribution in [0.25, 0.3) is 0 Å². The molecule has 0 unspecified atom stereocenters. The molecule has 0 aromatic heterocycles. The van der Waals surface area contributed by atoms with Crippen LogP contribution < -0.4 is 5.73 Å². The fourth-order valence-corrected chi connectivity index (χ4v) is 2.44. The van der Waals surface area contributed by atoms with Crippen molar-refractivity contribution >= 4 is 0 Å². The second-order valence-electron chi connectivity index (χ2n) is 6.01. The predicted octanol–water partition coefficient (Wildman–Crippen LogP) is 1.39. The van der Waals surface area contributed by atoms with Gasteiger partial charge in [0.25, 0.3) is 0 Å². The normalized spacial score (nSPS) is 18.6. The lowest BCUT2D eigenvalue weighted by Crippen LogP contribution is -2.37. The van der Waals surface area contributed by atoms with Gasteiger partial charge < -0.3 is 15.5 Å². The van der Waals surface area contributed by atoms with E-state index in [-0.39, 0.29) is 5.41 Å². The predicted molar refractivity (Wildman–Crippen MR) is 70.6 cm³/mol. The maximum absolute atomic E-state index is 5.75. The molecular formula is C13H29N3. The topological polar surface area (TPSA) is 32.5 Å². The van der Waals surface area contributed by atoms with E-state index in [1.54, 1.807) is 0 Å². The molecule has 0 amide bonds. The SMILES string of the molecule is CN(CCCN1CCCC1)CC(C)(C)CN. The molecule has 0 aromatic carbocycles. The summed E-state index contributed by atoms with van der Waals surface area (Å²) in [5, 5.41) is 0. The average molecular weight is 227 g/mol. The van der Waals surface area contributed by atoms with Gasteiger partial charge in [0.2, 0.25) is 0 Å². The van der Waals surface area contributed by atoms with Gasteiger partial charge in [-0.3, -0.25) is 0 Å². The summed E-state index contributed by atoms with van der Waals surface area (Å²) in [5.41, 5.74) is 6.00. The van der Waals surface area contributed by atoms with Crippen LogP contribution in [0, 0.1) is 5.41 Å². The first-order valence-electron chi connectivity index (χ1n) is 6.64.